The van der Waals surface area contributed by atoms with E-state index in [4.69, 9.17) is 7.85 Å². The van der Waals surface area contributed by atoms with Crippen LogP contribution in [0, 0.1) is 0 Å². The van der Waals surface area contributed by atoms with E-state index in [1.54, 1.807) is 0 Å². The number of hydrogen-bond acceptors (Lipinski definition) is 1. The van der Waals surface area contributed by atoms with Crippen molar-refractivity contribution in [3.8, 4) is 0 Å². The van der Waals surface area contributed by atoms with E-state index in [2.05, 4.69) is 35.2 Å². The predicted octanol–water partition coefficient (Wildman–Crippen LogP) is 2.24. The van der Waals surface area contributed by atoms with Crippen molar-refractivity contribution in [2.24, 2.45) is 0 Å². The molecule has 2 rings (SSSR count). The molecule has 0 aliphatic carbocycles. The topological polar surface area (TPSA) is 3.24 Å². The van der Waals surface area contributed by atoms with Gasteiger partial charge in [0.1, 0.15) is 0 Å². The molecule has 1 saturated heterocycles. The maximum absolute atomic E-state index is 5.86. The fraction of sp³-hybridized carbons (Fsp3) is 0.500. The lowest BCUT2D eigenvalue weighted by molar-refractivity contribution is 0.221. The van der Waals surface area contributed by atoms with Crippen LogP contribution in [-0.4, -0.2) is 25.8 Å². The number of piperidine rings is 1. The van der Waals surface area contributed by atoms with E-state index in [1.807, 2.05) is 0 Å². The predicted molar refractivity (Wildman–Crippen MR) is 60.5 cm³/mol. The minimum Gasteiger partial charge on any atom is -0.299 e. The second kappa shape index (κ2) is 4.65. The first-order valence-corrected chi connectivity index (χ1v) is 5.36. The number of benzene rings is 1. The van der Waals surface area contributed by atoms with Crippen molar-refractivity contribution >= 4 is 7.85 Å². The molecule has 0 amide bonds. The third kappa shape index (κ3) is 2.61. The van der Waals surface area contributed by atoms with Gasteiger partial charge in [0, 0.05) is 6.54 Å². The molecular formula is C12H16BN. The molecule has 1 aromatic carbocycles. The molecule has 1 aliphatic rings. The number of hydrogen-bond donors (Lipinski definition) is 0. The highest BCUT2D eigenvalue weighted by Gasteiger charge is 2.14. The van der Waals surface area contributed by atoms with E-state index < -0.39 is 0 Å². The molecule has 1 heterocycles. The van der Waals surface area contributed by atoms with Gasteiger partial charge in [-0.2, -0.15) is 0 Å². The molecule has 1 fully saturated rings. The van der Waals surface area contributed by atoms with Crippen LogP contribution in [0.2, 0.25) is 5.82 Å². The highest BCUT2D eigenvalue weighted by Crippen LogP contribution is 2.20. The van der Waals surface area contributed by atoms with Crippen LogP contribution >= 0.6 is 0 Å². The van der Waals surface area contributed by atoms with Crippen LogP contribution in [0.15, 0.2) is 30.3 Å². The van der Waals surface area contributed by atoms with E-state index in [0.29, 0.717) is 5.82 Å². The van der Waals surface area contributed by atoms with Crippen LogP contribution in [0.5, 0.6) is 0 Å². The molecule has 0 atom stereocenters. The normalized spacial score (nSPS) is 19.7. The van der Waals surface area contributed by atoms with E-state index in [9.17, 15) is 0 Å². The summed E-state index contributed by atoms with van der Waals surface area (Å²) in [6.07, 6.45) is 2.29. The Kier molecular flexibility index (Phi) is 3.25. The largest absolute Gasteiger partial charge is 0.299 e. The Labute approximate surface area is 87.5 Å². The molecule has 0 unspecified atom stereocenters. The summed E-state index contributed by atoms with van der Waals surface area (Å²) in [5, 5.41) is 0. The van der Waals surface area contributed by atoms with Gasteiger partial charge in [0.05, 0.1) is 7.85 Å². The highest BCUT2D eigenvalue weighted by atomic mass is 15.1. The van der Waals surface area contributed by atoms with E-state index in [-0.39, 0.29) is 0 Å². The zero-order valence-corrected chi connectivity index (χ0v) is 8.52. The molecule has 1 aliphatic heterocycles. The number of nitrogens with zero attached hydrogens (tertiary/aromatic N) is 1. The lowest BCUT2D eigenvalue weighted by atomic mass is 9.79. The van der Waals surface area contributed by atoms with Crippen LogP contribution in [0.3, 0.4) is 0 Å². The van der Waals surface area contributed by atoms with Gasteiger partial charge in [0.25, 0.3) is 0 Å². The summed E-state index contributed by atoms with van der Waals surface area (Å²) >= 11 is 0. The molecule has 72 valence electrons. The SMILES string of the molecule is [B]C1CCN(Cc2ccccc2)CC1. The second-order valence-corrected chi connectivity index (χ2v) is 4.10. The summed E-state index contributed by atoms with van der Waals surface area (Å²) in [5.74, 6) is 0.432. The zero-order valence-electron chi connectivity index (χ0n) is 8.52. The first kappa shape index (κ1) is 9.79. The molecule has 0 aromatic heterocycles. The summed E-state index contributed by atoms with van der Waals surface area (Å²) in [7, 11) is 5.86. The van der Waals surface area contributed by atoms with Crippen molar-refractivity contribution in [3.05, 3.63) is 35.9 Å². The average Bonchev–Trinajstić information content (AvgIpc) is 2.23. The van der Waals surface area contributed by atoms with Gasteiger partial charge < -0.3 is 0 Å². The van der Waals surface area contributed by atoms with E-state index in [0.717, 1.165) is 32.5 Å². The van der Waals surface area contributed by atoms with Crippen LogP contribution in [0.25, 0.3) is 0 Å². The third-order valence-electron chi connectivity index (χ3n) is 2.88. The van der Waals surface area contributed by atoms with Crippen molar-refractivity contribution in [1.29, 1.82) is 0 Å². The second-order valence-electron chi connectivity index (χ2n) is 4.10. The molecular weight excluding hydrogens is 169 g/mol. The van der Waals surface area contributed by atoms with Crippen molar-refractivity contribution in [2.75, 3.05) is 13.1 Å². The Morgan fingerprint density at radius 3 is 2.43 bits per heavy atom. The molecule has 14 heavy (non-hydrogen) atoms. The first-order chi connectivity index (χ1) is 6.84. The number of rotatable bonds is 2. The standard InChI is InChI=1S/C12H16BN/c13-12-6-8-14(9-7-12)10-11-4-2-1-3-5-11/h1-5,12H,6-10H2. The first-order valence-electron chi connectivity index (χ1n) is 5.36. The average molecular weight is 185 g/mol. The third-order valence-corrected chi connectivity index (χ3v) is 2.88. The summed E-state index contributed by atoms with van der Waals surface area (Å²) in [6.45, 7) is 3.37. The maximum Gasteiger partial charge on any atom is 0.0700 e. The summed E-state index contributed by atoms with van der Waals surface area (Å²) in [6, 6.07) is 10.6. The smallest absolute Gasteiger partial charge is 0.0700 e. The van der Waals surface area contributed by atoms with Crippen molar-refractivity contribution in [2.45, 2.75) is 25.2 Å². The van der Waals surface area contributed by atoms with Crippen molar-refractivity contribution < 1.29 is 0 Å². The van der Waals surface area contributed by atoms with Crippen LogP contribution < -0.4 is 0 Å². The molecule has 0 saturated carbocycles. The van der Waals surface area contributed by atoms with Crippen LogP contribution in [0.1, 0.15) is 18.4 Å². The highest BCUT2D eigenvalue weighted by molar-refractivity contribution is 6.11. The van der Waals surface area contributed by atoms with E-state index in [1.165, 1.54) is 5.56 Å². The molecule has 2 heteroatoms. The molecule has 0 N–H and O–H groups in total. The molecule has 1 aromatic rings. The summed E-state index contributed by atoms with van der Waals surface area (Å²) < 4.78 is 0. The van der Waals surface area contributed by atoms with E-state index >= 15 is 0 Å². The quantitative estimate of drug-likeness (QED) is 0.638. The van der Waals surface area contributed by atoms with Crippen LogP contribution in [-0.2, 0) is 6.54 Å². The fourth-order valence-electron chi connectivity index (χ4n) is 1.95. The zero-order chi connectivity index (χ0) is 9.80. The minimum atomic E-state index is 0.432. The van der Waals surface area contributed by atoms with Gasteiger partial charge >= 0.3 is 0 Å². The Morgan fingerprint density at radius 1 is 1.14 bits per heavy atom. The lowest BCUT2D eigenvalue weighted by Gasteiger charge is -2.30. The number of likely N-dealkylation sites (tertiary alicyclic amines) is 1. The van der Waals surface area contributed by atoms with Gasteiger partial charge in [-0.15, -0.1) is 0 Å². The lowest BCUT2D eigenvalue weighted by Crippen LogP contribution is -2.31. The van der Waals surface area contributed by atoms with Gasteiger partial charge in [0.15, 0.2) is 0 Å². The summed E-state index contributed by atoms with van der Waals surface area (Å²) in [4.78, 5) is 2.48. The molecule has 2 radical (unpaired) electrons. The van der Waals surface area contributed by atoms with Gasteiger partial charge in [0.2, 0.25) is 0 Å². The maximum atomic E-state index is 5.86. The Bertz CT molecular complexity index is 265. The van der Waals surface area contributed by atoms with Gasteiger partial charge in [-0.1, -0.05) is 36.1 Å². The summed E-state index contributed by atoms with van der Waals surface area (Å²) in [5.41, 5.74) is 1.41. The van der Waals surface area contributed by atoms with Crippen LogP contribution in [0.4, 0.5) is 0 Å². The monoisotopic (exact) mass is 185 g/mol. The van der Waals surface area contributed by atoms with Gasteiger partial charge in [-0.25, -0.2) is 0 Å². The minimum absolute atomic E-state index is 0.432. The molecule has 0 bridgehead atoms. The molecule has 1 nitrogen and oxygen atoms in total. The Hall–Kier alpha value is -0.755. The Balaban J connectivity index is 1.87. The van der Waals surface area contributed by atoms with Gasteiger partial charge in [-0.3, -0.25) is 4.90 Å². The molecule has 0 spiro atoms. The van der Waals surface area contributed by atoms with Crippen molar-refractivity contribution in [3.63, 3.8) is 0 Å². The van der Waals surface area contributed by atoms with Gasteiger partial charge in [-0.05, 0) is 31.5 Å². The fourth-order valence-corrected chi connectivity index (χ4v) is 1.95. The Morgan fingerprint density at radius 2 is 1.79 bits per heavy atom. The van der Waals surface area contributed by atoms with Crippen molar-refractivity contribution in [1.82, 2.24) is 4.90 Å².